The summed E-state index contributed by atoms with van der Waals surface area (Å²) in [5.74, 6) is -1.69. The molecule has 174 valence electrons. The summed E-state index contributed by atoms with van der Waals surface area (Å²) in [5, 5.41) is -0.229. The second-order valence-electron chi connectivity index (χ2n) is 6.64. The standard InChI is InChI=1S/C23H22O10/c1-11(24)31-18-15-16(26)20(28-4)17(13-7-9-14(27-3)10-8-13)33-19(15)23(32-12(2)25)22(30-6)21(18)29-5/h7-10H,1-6H3. The van der Waals surface area contributed by atoms with Crippen LogP contribution in [0.3, 0.4) is 0 Å². The molecule has 0 aliphatic rings. The fraction of sp³-hybridized carbons (Fsp3) is 0.261. The second-order valence-corrected chi connectivity index (χ2v) is 6.64. The van der Waals surface area contributed by atoms with E-state index in [9.17, 15) is 14.4 Å². The smallest absolute Gasteiger partial charge is 0.308 e. The monoisotopic (exact) mass is 458 g/mol. The summed E-state index contributed by atoms with van der Waals surface area (Å²) in [6.07, 6.45) is 0. The number of rotatable bonds is 7. The van der Waals surface area contributed by atoms with Gasteiger partial charge < -0.3 is 32.8 Å². The van der Waals surface area contributed by atoms with Crippen LogP contribution in [-0.4, -0.2) is 40.4 Å². The minimum Gasteiger partial charge on any atom is -0.497 e. The zero-order chi connectivity index (χ0) is 24.3. The highest BCUT2D eigenvalue weighted by Gasteiger charge is 2.32. The Morgan fingerprint density at radius 3 is 1.70 bits per heavy atom. The van der Waals surface area contributed by atoms with Gasteiger partial charge >= 0.3 is 11.9 Å². The molecule has 0 spiro atoms. The topological polar surface area (TPSA) is 120 Å². The van der Waals surface area contributed by atoms with Crippen LogP contribution in [0, 0.1) is 0 Å². The SMILES string of the molecule is COc1ccc(-c2oc3c(OC(C)=O)c(OC)c(OC)c(OC(C)=O)c3c(=O)c2OC)cc1. The fourth-order valence-corrected chi connectivity index (χ4v) is 3.27. The van der Waals surface area contributed by atoms with E-state index in [4.69, 9.17) is 32.8 Å². The van der Waals surface area contributed by atoms with Gasteiger partial charge in [0.15, 0.2) is 17.1 Å². The highest BCUT2D eigenvalue weighted by molar-refractivity contribution is 5.99. The minimum atomic E-state index is -0.727. The normalized spacial score (nSPS) is 10.5. The number of methoxy groups -OCH3 is 4. The fourth-order valence-electron chi connectivity index (χ4n) is 3.27. The summed E-state index contributed by atoms with van der Waals surface area (Å²) >= 11 is 0. The lowest BCUT2D eigenvalue weighted by atomic mass is 10.1. The maximum absolute atomic E-state index is 13.5. The lowest BCUT2D eigenvalue weighted by molar-refractivity contribution is -0.133. The molecule has 0 N–H and O–H groups in total. The molecule has 1 aromatic heterocycles. The van der Waals surface area contributed by atoms with Crippen molar-refractivity contribution in [2.75, 3.05) is 28.4 Å². The van der Waals surface area contributed by atoms with Gasteiger partial charge in [-0.15, -0.1) is 0 Å². The molecule has 3 aromatic rings. The van der Waals surface area contributed by atoms with Gasteiger partial charge in [0.05, 0.1) is 28.4 Å². The lowest BCUT2D eigenvalue weighted by Gasteiger charge is -2.19. The third-order valence-corrected chi connectivity index (χ3v) is 4.58. The number of benzene rings is 2. The lowest BCUT2D eigenvalue weighted by Crippen LogP contribution is -2.14. The highest BCUT2D eigenvalue weighted by atomic mass is 16.6. The number of hydrogen-bond acceptors (Lipinski definition) is 10. The zero-order valence-corrected chi connectivity index (χ0v) is 18.9. The summed E-state index contributed by atoms with van der Waals surface area (Å²) in [7, 11) is 5.39. The maximum atomic E-state index is 13.5. The first-order valence-electron chi connectivity index (χ1n) is 9.61. The van der Waals surface area contributed by atoms with Crippen molar-refractivity contribution in [2.24, 2.45) is 0 Å². The Morgan fingerprint density at radius 1 is 0.697 bits per heavy atom. The van der Waals surface area contributed by atoms with Crippen LogP contribution in [0.1, 0.15) is 13.8 Å². The molecule has 0 aliphatic heterocycles. The van der Waals surface area contributed by atoms with Gasteiger partial charge in [0.1, 0.15) is 11.1 Å². The van der Waals surface area contributed by atoms with E-state index >= 15 is 0 Å². The van der Waals surface area contributed by atoms with Crippen LogP contribution in [0.4, 0.5) is 0 Å². The third-order valence-electron chi connectivity index (χ3n) is 4.58. The average molecular weight is 458 g/mol. The van der Waals surface area contributed by atoms with Crippen LogP contribution in [0.5, 0.6) is 34.5 Å². The number of carbonyl (C=O) groups is 2. The van der Waals surface area contributed by atoms with Gasteiger partial charge in [0.2, 0.25) is 28.4 Å². The van der Waals surface area contributed by atoms with Crippen molar-refractivity contribution in [1.29, 1.82) is 0 Å². The molecule has 10 nitrogen and oxygen atoms in total. The zero-order valence-electron chi connectivity index (χ0n) is 18.9. The summed E-state index contributed by atoms with van der Waals surface area (Å²) in [6.45, 7) is 2.33. The Bertz CT molecular complexity index is 1270. The summed E-state index contributed by atoms with van der Waals surface area (Å²) in [5.41, 5.74) is -0.407. The molecule has 0 amide bonds. The highest BCUT2D eigenvalue weighted by Crippen LogP contribution is 2.51. The number of carbonyl (C=O) groups excluding carboxylic acids is 2. The number of ether oxygens (including phenoxy) is 6. The first kappa shape index (κ1) is 23.5. The molecule has 10 heteroatoms. The van der Waals surface area contributed by atoms with Gasteiger partial charge in [-0.2, -0.15) is 0 Å². The molecule has 0 radical (unpaired) electrons. The van der Waals surface area contributed by atoms with Gasteiger partial charge in [0.25, 0.3) is 0 Å². The summed E-state index contributed by atoms with van der Waals surface area (Å²) < 4.78 is 37.9. The van der Waals surface area contributed by atoms with E-state index in [1.165, 1.54) is 35.4 Å². The quantitative estimate of drug-likeness (QED) is 0.385. The molecule has 0 fully saturated rings. The predicted molar refractivity (Wildman–Crippen MR) is 117 cm³/mol. The Balaban J connectivity index is 2.54. The van der Waals surface area contributed by atoms with Gasteiger partial charge in [0, 0.05) is 19.4 Å². The maximum Gasteiger partial charge on any atom is 0.308 e. The molecule has 0 saturated carbocycles. The molecule has 0 aliphatic carbocycles. The molecule has 33 heavy (non-hydrogen) atoms. The van der Waals surface area contributed by atoms with Crippen molar-refractivity contribution in [3.8, 4) is 45.8 Å². The van der Waals surface area contributed by atoms with Crippen molar-refractivity contribution >= 4 is 22.9 Å². The van der Waals surface area contributed by atoms with E-state index in [-0.39, 0.29) is 45.5 Å². The average Bonchev–Trinajstić information content (AvgIpc) is 2.79. The van der Waals surface area contributed by atoms with Gasteiger partial charge in [-0.25, -0.2) is 0 Å². The number of esters is 2. The van der Waals surface area contributed by atoms with Crippen molar-refractivity contribution in [3.63, 3.8) is 0 Å². The van der Waals surface area contributed by atoms with E-state index in [1.807, 2.05) is 0 Å². The third kappa shape index (κ3) is 4.27. The second kappa shape index (κ2) is 9.51. The van der Waals surface area contributed by atoms with Crippen LogP contribution < -0.4 is 33.8 Å². The Hall–Kier alpha value is -4.21. The van der Waals surface area contributed by atoms with E-state index < -0.39 is 17.4 Å². The van der Waals surface area contributed by atoms with Gasteiger partial charge in [-0.05, 0) is 24.3 Å². The van der Waals surface area contributed by atoms with Crippen molar-refractivity contribution in [2.45, 2.75) is 13.8 Å². The van der Waals surface area contributed by atoms with Crippen LogP contribution in [-0.2, 0) is 9.59 Å². The van der Waals surface area contributed by atoms with Gasteiger partial charge in [-0.1, -0.05) is 0 Å². The Kier molecular flexibility index (Phi) is 6.76. The van der Waals surface area contributed by atoms with Crippen LogP contribution >= 0.6 is 0 Å². The molecule has 0 saturated heterocycles. The van der Waals surface area contributed by atoms with Crippen molar-refractivity contribution in [1.82, 2.24) is 0 Å². The number of fused-ring (bicyclic) bond motifs is 1. The molecular formula is C23H22O10. The largest absolute Gasteiger partial charge is 0.497 e. The number of hydrogen-bond donors (Lipinski definition) is 0. The van der Waals surface area contributed by atoms with E-state index in [2.05, 4.69) is 0 Å². The van der Waals surface area contributed by atoms with Gasteiger partial charge in [-0.3, -0.25) is 14.4 Å². The molecule has 0 bridgehead atoms. The van der Waals surface area contributed by atoms with E-state index in [1.54, 1.807) is 24.3 Å². The molecule has 0 unspecified atom stereocenters. The molecule has 0 atom stereocenters. The van der Waals surface area contributed by atoms with Crippen LogP contribution in [0.25, 0.3) is 22.3 Å². The molecule has 2 aromatic carbocycles. The predicted octanol–water partition coefficient (Wildman–Crippen LogP) is 3.35. The van der Waals surface area contributed by atoms with Crippen LogP contribution in [0.2, 0.25) is 0 Å². The first-order chi connectivity index (χ1) is 15.8. The Labute approximate surface area is 188 Å². The Morgan fingerprint density at radius 2 is 1.21 bits per heavy atom. The summed E-state index contributed by atoms with van der Waals surface area (Å²) in [4.78, 5) is 37.2. The first-order valence-corrected chi connectivity index (χ1v) is 9.61. The summed E-state index contributed by atoms with van der Waals surface area (Å²) in [6, 6.07) is 6.66. The van der Waals surface area contributed by atoms with E-state index in [0.717, 1.165) is 6.92 Å². The molecular weight excluding hydrogens is 436 g/mol. The van der Waals surface area contributed by atoms with Crippen molar-refractivity contribution < 1.29 is 42.4 Å². The molecule has 3 rings (SSSR count). The minimum absolute atomic E-state index is 0.0482. The van der Waals surface area contributed by atoms with Crippen molar-refractivity contribution in [3.05, 3.63) is 34.5 Å². The molecule has 1 heterocycles. The van der Waals surface area contributed by atoms with E-state index in [0.29, 0.717) is 11.3 Å². The van der Waals surface area contributed by atoms with Crippen LogP contribution in [0.15, 0.2) is 33.5 Å².